The molecule has 1 aromatic heterocycles. The van der Waals surface area contributed by atoms with Crippen LogP contribution in [0.4, 0.5) is 0 Å². The number of hydrogen-bond donors (Lipinski definition) is 0. The highest BCUT2D eigenvalue weighted by molar-refractivity contribution is 7.18. The van der Waals surface area contributed by atoms with Gasteiger partial charge < -0.3 is 4.74 Å². The number of hydrogen-bond acceptors (Lipinski definition) is 2. The van der Waals surface area contributed by atoms with E-state index in [1.807, 2.05) is 11.3 Å². The van der Waals surface area contributed by atoms with Crippen LogP contribution in [0.2, 0.25) is 0 Å². The summed E-state index contributed by atoms with van der Waals surface area (Å²) in [6.07, 6.45) is 10.6. The lowest BCUT2D eigenvalue weighted by Crippen LogP contribution is -2.25. The van der Waals surface area contributed by atoms with Crippen molar-refractivity contribution >= 4 is 11.3 Å². The van der Waals surface area contributed by atoms with Gasteiger partial charge in [-0.2, -0.15) is 0 Å². The summed E-state index contributed by atoms with van der Waals surface area (Å²) in [6.45, 7) is 12.1. The lowest BCUT2D eigenvalue weighted by molar-refractivity contribution is 0.279. The molecule has 4 aromatic rings. The predicted molar refractivity (Wildman–Crippen MR) is 179 cm³/mol. The molecule has 1 unspecified atom stereocenters. The summed E-state index contributed by atoms with van der Waals surface area (Å²) < 4.78 is 6.11. The Morgan fingerprint density at radius 2 is 1.46 bits per heavy atom. The van der Waals surface area contributed by atoms with Crippen LogP contribution < -0.4 is 4.74 Å². The van der Waals surface area contributed by atoms with Crippen LogP contribution >= 0.6 is 11.3 Å². The molecule has 0 amide bonds. The Hall–Kier alpha value is -3.10. The molecule has 0 aliphatic heterocycles. The lowest BCUT2D eigenvalue weighted by atomic mass is 9.70. The lowest BCUT2D eigenvalue weighted by Gasteiger charge is -2.33. The third kappa shape index (κ3) is 6.24. The first kappa shape index (κ1) is 29.4. The van der Waals surface area contributed by atoms with E-state index in [0.29, 0.717) is 5.92 Å². The summed E-state index contributed by atoms with van der Waals surface area (Å²) in [5.41, 5.74) is 10.1. The van der Waals surface area contributed by atoms with E-state index in [2.05, 4.69) is 120 Å². The van der Waals surface area contributed by atoms with Crippen molar-refractivity contribution in [2.45, 2.75) is 85.0 Å². The summed E-state index contributed by atoms with van der Waals surface area (Å²) in [4.78, 5) is 2.67. The molecule has 1 aliphatic carbocycles. The van der Waals surface area contributed by atoms with E-state index >= 15 is 0 Å². The molecule has 1 atom stereocenters. The van der Waals surface area contributed by atoms with E-state index in [1.54, 1.807) is 5.56 Å². The fourth-order valence-corrected chi connectivity index (χ4v) is 7.84. The number of allylic oxidation sites excluding steroid dienone is 2. The molecule has 2 heteroatoms. The Bertz CT molecular complexity index is 1460. The van der Waals surface area contributed by atoms with Gasteiger partial charge in [0.05, 0.1) is 6.61 Å². The van der Waals surface area contributed by atoms with Crippen molar-refractivity contribution in [3.05, 3.63) is 102 Å². The molecule has 5 rings (SSSR count). The second-order valence-corrected chi connectivity index (χ2v) is 13.2. The zero-order chi connectivity index (χ0) is 28.8. The van der Waals surface area contributed by atoms with Crippen molar-refractivity contribution in [3.8, 4) is 37.8 Å². The second-order valence-electron chi connectivity index (χ2n) is 12.1. The molecule has 0 radical (unpaired) electrons. The molecule has 41 heavy (non-hydrogen) atoms. The number of fused-ring (bicyclic) bond motifs is 3. The van der Waals surface area contributed by atoms with Gasteiger partial charge >= 0.3 is 0 Å². The maximum absolute atomic E-state index is 6.11. The standard InChI is InChI=1S/C39H46OS/c1-6-25-39(26-7-2)35-17-9-8-14-32(35)33-15-11-16-34(38(33)39)37-23-22-36(41-37)30-18-20-31(21-19-30)40-27-24-29(5)13-10-12-28(3)4/h8-9,11-12,14-23,29H,6-7,10,13,24-27H2,1-5H3. The second kappa shape index (κ2) is 13.3. The van der Waals surface area contributed by atoms with Crippen LogP contribution in [0.5, 0.6) is 5.75 Å². The minimum atomic E-state index is 0.0955. The minimum absolute atomic E-state index is 0.0955. The van der Waals surface area contributed by atoms with Crippen molar-refractivity contribution in [2.24, 2.45) is 5.92 Å². The zero-order valence-corrected chi connectivity index (χ0v) is 26.5. The average molecular weight is 563 g/mol. The molecule has 0 N–H and O–H groups in total. The van der Waals surface area contributed by atoms with Gasteiger partial charge in [-0.1, -0.05) is 87.7 Å². The molecule has 0 spiro atoms. The maximum atomic E-state index is 6.11. The molecule has 0 saturated heterocycles. The van der Waals surface area contributed by atoms with Crippen molar-refractivity contribution < 1.29 is 4.74 Å². The summed E-state index contributed by atoms with van der Waals surface area (Å²) >= 11 is 1.91. The van der Waals surface area contributed by atoms with Gasteiger partial charge in [-0.05, 0) is 122 Å². The molecule has 1 heterocycles. The van der Waals surface area contributed by atoms with Gasteiger partial charge in [-0.25, -0.2) is 0 Å². The van der Waals surface area contributed by atoms with E-state index < -0.39 is 0 Å². The number of thiophene rings is 1. The van der Waals surface area contributed by atoms with Crippen LogP contribution in [0.25, 0.3) is 32.0 Å². The Balaban J connectivity index is 1.34. The summed E-state index contributed by atoms with van der Waals surface area (Å²) in [5.74, 6) is 1.64. The van der Waals surface area contributed by atoms with Crippen molar-refractivity contribution in [1.29, 1.82) is 0 Å². The van der Waals surface area contributed by atoms with Crippen LogP contribution in [0.15, 0.2) is 90.5 Å². The van der Waals surface area contributed by atoms with E-state index in [-0.39, 0.29) is 5.41 Å². The minimum Gasteiger partial charge on any atom is -0.494 e. The fraction of sp³-hybridized carbons (Fsp3) is 0.385. The van der Waals surface area contributed by atoms with Crippen molar-refractivity contribution in [2.75, 3.05) is 6.61 Å². The molecule has 1 nitrogen and oxygen atoms in total. The largest absolute Gasteiger partial charge is 0.494 e. The normalized spacial score (nSPS) is 13.9. The van der Waals surface area contributed by atoms with Gasteiger partial charge in [-0.15, -0.1) is 11.3 Å². The SMILES string of the molecule is CCCC1(CCC)c2ccccc2-c2cccc(-c3ccc(-c4ccc(OCCC(C)CCC=C(C)C)cc4)s3)c21. The summed E-state index contributed by atoms with van der Waals surface area (Å²) in [7, 11) is 0. The molecule has 1 aliphatic rings. The van der Waals surface area contributed by atoms with Crippen LogP contribution in [0, 0.1) is 5.92 Å². The van der Waals surface area contributed by atoms with Gasteiger partial charge in [0.1, 0.15) is 5.75 Å². The van der Waals surface area contributed by atoms with E-state index in [0.717, 1.165) is 25.2 Å². The first-order valence-corrected chi connectivity index (χ1v) is 16.5. The molecule has 214 valence electrons. The smallest absolute Gasteiger partial charge is 0.119 e. The maximum Gasteiger partial charge on any atom is 0.119 e. The zero-order valence-electron chi connectivity index (χ0n) is 25.6. The number of rotatable bonds is 13. The van der Waals surface area contributed by atoms with E-state index in [9.17, 15) is 0 Å². The predicted octanol–water partition coefficient (Wildman–Crippen LogP) is 12.1. The van der Waals surface area contributed by atoms with Crippen LogP contribution in [0.3, 0.4) is 0 Å². The van der Waals surface area contributed by atoms with Gasteiger partial charge in [0, 0.05) is 15.2 Å². The highest BCUT2D eigenvalue weighted by Gasteiger charge is 2.43. The highest BCUT2D eigenvalue weighted by Crippen LogP contribution is 2.57. The first-order chi connectivity index (χ1) is 20.0. The molecule has 0 bridgehead atoms. The van der Waals surface area contributed by atoms with Crippen LogP contribution in [-0.2, 0) is 5.41 Å². The summed E-state index contributed by atoms with van der Waals surface area (Å²) in [5, 5.41) is 0. The van der Waals surface area contributed by atoms with E-state index in [4.69, 9.17) is 4.74 Å². The van der Waals surface area contributed by atoms with Gasteiger partial charge in [0.2, 0.25) is 0 Å². The number of ether oxygens (including phenoxy) is 1. The van der Waals surface area contributed by atoms with Gasteiger partial charge in [0.25, 0.3) is 0 Å². The third-order valence-electron chi connectivity index (χ3n) is 8.73. The van der Waals surface area contributed by atoms with E-state index in [1.165, 1.54) is 75.2 Å². The van der Waals surface area contributed by atoms with Gasteiger partial charge in [0.15, 0.2) is 0 Å². The Morgan fingerprint density at radius 3 is 2.20 bits per heavy atom. The molecular formula is C39H46OS. The fourth-order valence-electron chi connectivity index (χ4n) is 6.80. The third-order valence-corrected chi connectivity index (χ3v) is 9.90. The first-order valence-electron chi connectivity index (χ1n) is 15.7. The van der Waals surface area contributed by atoms with Crippen molar-refractivity contribution in [3.63, 3.8) is 0 Å². The highest BCUT2D eigenvalue weighted by atomic mass is 32.1. The molecule has 0 saturated carbocycles. The summed E-state index contributed by atoms with van der Waals surface area (Å²) in [6, 6.07) is 29.4. The monoisotopic (exact) mass is 562 g/mol. The van der Waals surface area contributed by atoms with Crippen molar-refractivity contribution in [1.82, 2.24) is 0 Å². The molecule has 0 fully saturated rings. The molecular weight excluding hydrogens is 516 g/mol. The quantitative estimate of drug-likeness (QED) is 0.147. The van der Waals surface area contributed by atoms with Crippen LogP contribution in [0.1, 0.15) is 90.7 Å². The number of benzene rings is 3. The Kier molecular flexibility index (Phi) is 9.50. The van der Waals surface area contributed by atoms with Crippen LogP contribution in [-0.4, -0.2) is 6.61 Å². The Labute approximate surface area is 252 Å². The Morgan fingerprint density at radius 1 is 0.780 bits per heavy atom. The average Bonchev–Trinajstić information content (AvgIpc) is 3.57. The van der Waals surface area contributed by atoms with Gasteiger partial charge in [-0.3, -0.25) is 0 Å². The topological polar surface area (TPSA) is 9.23 Å². The molecule has 3 aromatic carbocycles.